The summed E-state index contributed by atoms with van der Waals surface area (Å²) in [6.07, 6.45) is 3.48. The zero-order valence-corrected chi connectivity index (χ0v) is 15.6. The molecule has 1 aromatic carbocycles. The molecule has 0 saturated carbocycles. The fourth-order valence-electron chi connectivity index (χ4n) is 3.91. The third-order valence-electron chi connectivity index (χ3n) is 5.06. The molecular formula is C21H26N2O2. The molecule has 0 spiro atoms. The van der Waals surface area contributed by atoms with E-state index in [1.165, 1.54) is 0 Å². The van der Waals surface area contributed by atoms with E-state index in [0.29, 0.717) is 12.0 Å². The Balaban J connectivity index is 2.19. The lowest BCUT2D eigenvalue weighted by molar-refractivity contribution is 0.0909. The smallest absolute Gasteiger partial charge is 0.248 e. The molecular weight excluding hydrogens is 312 g/mol. The van der Waals surface area contributed by atoms with Gasteiger partial charge in [0.15, 0.2) is 5.78 Å². The molecule has 3 rings (SSSR count). The van der Waals surface area contributed by atoms with Crippen LogP contribution in [0.1, 0.15) is 77.6 Å². The molecule has 4 heteroatoms. The molecule has 0 bridgehead atoms. The third kappa shape index (κ3) is 3.01. The summed E-state index contributed by atoms with van der Waals surface area (Å²) in [6, 6.07) is 5.73. The van der Waals surface area contributed by atoms with Crippen molar-refractivity contribution in [2.24, 2.45) is 11.1 Å². The van der Waals surface area contributed by atoms with Crippen molar-refractivity contribution in [3.63, 3.8) is 0 Å². The summed E-state index contributed by atoms with van der Waals surface area (Å²) in [7, 11) is 0. The first-order valence-corrected chi connectivity index (χ1v) is 8.79. The van der Waals surface area contributed by atoms with Crippen LogP contribution in [-0.2, 0) is 6.42 Å². The molecule has 1 aliphatic carbocycles. The minimum absolute atomic E-state index is 0.0410. The van der Waals surface area contributed by atoms with Crippen molar-refractivity contribution in [1.29, 1.82) is 0 Å². The first kappa shape index (κ1) is 17.5. The Morgan fingerprint density at radius 2 is 1.92 bits per heavy atom. The number of ketones is 1. The highest BCUT2D eigenvalue weighted by atomic mass is 16.1. The fraction of sp³-hybridized carbons (Fsp3) is 0.429. The van der Waals surface area contributed by atoms with E-state index in [2.05, 4.69) is 32.3 Å². The van der Waals surface area contributed by atoms with Crippen LogP contribution in [0.25, 0.3) is 5.69 Å². The summed E-state index contributed by atoms with van der Waals surface area (Å²) >= 11 is 0. The molecule has 25 heavy (non-hydrogen) atoms. The molecule has 2 aromatic rings. The topological polar surface area (TPSA) is 65.1 Å². The van der Waals surface area contributed by atoms with Crippen LogP contribution in [0.4, 0.5) is 0 Å². The van der Waals surface area contributed by atoms with E-state index in [4.69, 9.17) is 5.73 Å². The largest absolute Gasteiger partial charge is 0.366 e. The van der Waals surface area contributed by atoms with Crippen molar-refractivity contribution in [1.82, 2.24) is 4.57 Å². The number of carbonyl (C=O) groups is 2. The lowest BCUT2D eigenvalue weighted by atomic mass is 9.75. The third-order valence-corrected chi connectivity index (χ3v) is 5.06. The van der Waals surface area contributed by atoms with Gasteiger partial charge in [0.2, 0.25) is 5.91 Å². The van der Waals surface area contributed by atoms with E-state index < -0.39 is 5.91 Å². The highest BCUT2D eigenvalue weighted by Crippen LogP contribution is 2.38. The molecule has 1 aromatic heterocycles. The van der Waals surface area contributed by atoms with Gasteiger partial charge in [0.05, 0.1) is 0 Å². The van der Waals surface area contributed by atoms with Gasteiger partial charge in [0.25, 0.3) is 0 Å². The molecule has 0 unspecified atom stereocenters. The summed E-state index contributed by atoms with van der Waals surface area (Å²) in [5, 5.41) is 0. The standard InChI is InChI=1S/C21H26N2O2/c1-12(2)16-8-14(6-7-15(16)20(22)25)23-11-13(3)19-17(23)9-21(4,5)10-18(19)24/h6-8,11-12H,9-10H2,1-5H3,(H2,22,25). The monoisotopic (exact) mass is 338 g/mol. The highest BCUT2D eigenvalue weighted by Gasteiger charge is 2.34. The van der Waals surface area contributed by atoms with Gasteiger partial charge in [0.1, 0.15) is 0 Å². The van der Waals surface area contributed by atoms with Crippen LogP contribution in [-0.4, -0.2) is 16.3 Å². The SMILES string of the molecule is Cc1cn(-c2ccc(C(N)=O)c(C(C)C)c2)c2c1C(=O)CC(C)(C)C2. The van der Waals surface area contributed by atoms with E-state index in [1.807, 2.05) is 25.3 Å². The number of aromatic nitrogens is 1. The van der Waals surface area contributed by atoms with E-state index in [-0.39, 0.29) is 17.1 Å². The molecule has 2 N–H and O–H groups in total. The Bertz CT molecular complexity index is 872. The van der Waals surface area contributed by atoms with E-state index in [0.717, 1.165) is 34.5 Å². The van der Waals surface area contributed by atoms with Crippen LogP contribution in [0.15, 0.2) is 24.4 Å². The van der Waals surface area contributed by atoms with Crippen molar-refractivity contribution in [3.05, 3.63) is 52.3 Å². The van der Waals surface area contributed by atoms with Gasteiger partial charge in [-0.05, 0) is 54.0 Å². The van der Waals surface area contributed by atoms with Crippen molar-refractivity contribution in [2.45, 2.75) is 53.4 Å². The molecule has 0 radical (unpaired) electrons. The highest BCUT2D eigenvalue weighted by molar-refractivity contribution is 6.00. The van der Waals surface area contributed by atoms with Crippen LogP contribution < -0.4 is 5.73 Å². The second-order valence-electron chi connectivity index (χ2n) is 8.24. The molecule has 4 nitrogen and oxygen atoms in total. The Kier molecular flexibility index (Phi) is 4.10. The summed E-state index contributed by atoms with van der Waals surface area (Å²) in [4.78, 5) is 24.3. The van der Waals surface area contributed by atoms with E-state index in [1.54, 1.807) is 6.07 Å². The number of carbonyl (C=O) groups excluding carboxylic acids is 2. The van der Waals surface area contributed by atoms with Gasteiger partial charge in [-0.25, -0.2) is 0 Å². The lowest BCUT2D eigenvalue weighted by Gasteiger charge is -2.30. The molecule has 132 valence electrons. The predicted octanol–water partition coefficient (Wildman–Crippen LogP) is 4.16. The molecule has 0 fully saturated rings. The zero-order chi connectivity index (χ0) is 18.5. The van der Waals surface area contributed by atoms with Crippen molar-refractivity contribution >= 4 is 11.7 Å². The minimum Gasteiger partial charge on any atom is -0.366 e. The second kappa shape index (κ2) is 5.87. The quantitative estimate of drug-likeness (QED) is 0.913. The Morgan fingerprint density at radius 3 is 2.52 bits per heavy atom. The van der Waals surface area contributed by atoms with Gasteiger partial charge < -0.3 is 10.3 Å². The summed E-state index contributed by atoms with van der Waals surface area (Å²) in [6.45, 7) is 10.4. The fourth-order valence-corrected chi connectivity index (χ4v) is 3.91. The predicted molar refractivity (Wildman–Crippen MR) is 99.5 cm³/mol. The Hall–Kier alpha value is -2.36. The molecule has 0 aliphatic heterocycles. The van der Waals surface area contributed by atoms with E-state index in [9.17, 15) is 9.59 Å². The summed E-state index contributed by atoms with van der Waals surface area (Å²) in [5.41, 5.74) is 10.9. The van der Waals surface area contributed by atoms with Gasteiger partial charge in [-0.1, -0.05) is 27.7 Å². The zero-order valence-electron chi connectivity index (χ0n) is 15.6. The van der Waals surface area contributed by atoms with Gasteiger partial charge in [-0.15, -0.1) is 0 Å². The first-order chi connectivity index (χ1) is 11.6. The average molecular weight is 338 g/mol. The number of hydrogen-bond donors (Lipinski definition) is 1. The van der Waals surface area contributed by atoms with Crippen molar-refractivity contribution < 1.29 is 9.59 Å². The maximum atomic E-state index is 12.6. The molecule has 1 aliphatic rings. The Morgan fingerprint density at radius 1 is 1.24 bits per heavy atom. The number of aryl methyl sites for hydroxylation is 1. The average Bonchev–Trinajstić information content (AvgIpc) is 2.81. The second-order valence-corrected chi connectivity index (χ2v) is 8.24. The maximum Gasteiger partial charge on any atom is 0.248 e. The molecule has 0 saturated heterocycles. The molecule has 1 heterocycles. The van der Waals surface area contributed by atoms with E-state index >= 15 is 0 Å². The lowest BCUT2D eigenvalue weighted by Crippen LogP contribution is -2.28. The summed E-state index contributed by atoms with van der Waals surface area (Å²) < 4.78 is 2.11. The molecule has 0 atom stereocenters. The number of amides is 1. The summed E-state index contributed by atoms with van der Waals surface area (Å²) in [5.74, 6) is 0.00521. The van der Waals surface area contributed by atoms with Crippen LogP contribution in [0, 0.1) is 12.3 Å². The number of Topliss-reactive ketones (excluding diaryl/α,β-unsaturated/α-hetero) is 1. The van der Waals surface area contributed by atoms with Gasteiger partial charge in [-0.3, -0.25) is 9.59 Å². The van der Waals surface area contributed by atoms with Crippen LogP contribution >= 0.6 is 0 Å². The number of fused-ring (bicyclic) bond motifs is 1. The van der Waals surface area contributed by atoms with Crippen molar-refractivity contribution in [2.75, 3.05) is 0 Å². The van der Waals surface area contributed by atoms with Gasteiger partial charge in [-0.2, -0.15) is 0 Å². The number of nitrogens with two attached hydrogens (primary N) is 1. The number of hydrogen-bond acceptors (Lipinski definition) is 2. The van der Waals surface area contributed by atoms with Crippen LogP contribution in [0.5, 0.6) is 0 Å². The number of primary amides is 1. The van der Waals surface area contributed by atoms with Crippen LogP contribution in [0.2, 0.25) is 0 Å². The Labute approximate surface area is 149 Å². The number of benzene rings is 1. The van der Waals surface area contributed by atoms with Crippen LogP contribution in [0.3, 0.4) is 0 Å². The number of nitrogens with zero attached hydrogens (tertiary/aromatic N) is 1. The first-order valence-electron chi connectivity index (χ1n) is 8.79. The minimum atomic E-state index is -0.405. The van der Waals surface area contributed by atoms with Gasteiger partial charge >= 0.3 is 0 Å². The van der Waals surface area contributed by atoms with Gasteiger partial charge in [0, 0.05) is 35.1 Å². The maximum absolute atomic E-state index is 12.6. The number of rotatable bonds is 3. The normalized spacial score (nSPS) is 16.2. The van der Waals surface area contributed by atoms with Crippen molar-refractivity contribution in [3.8, 4) is 5.69 Å². The molecule has 1 amide bonds.